The zero-order valence-corrected chi connectivity index (χ0v) is 12.6. The number of rotatable bonds is 3. The van der Waals surface area contributed by atoms with Crippen molar-refractivity contribution in [3.05, 3.63) is 35.9 Å². The van der Waals surface area contributed by atoms with Gasteiger partial charge in [-0.15, -0.1) is 0 Å². The maximum atomic E-state index is 12.3. The van der Waals surface area contributed by atoms with Gasteiger partial charge in [-0.1, -0.05) is 30.3 Å². The Labute approximate surface area is 125 Å². The van der Waals surface area contributed by atoms with Gasteiger partial charge in [-0.3, -0.25) is 9.59 Å². The van der Waals surface area contributed by atoms with Crippen LogP contribution in [-0.4, -0.2) is 29.9 Å². The van der Waals surface area contributed by atoms with Crippen LogP contribution in [0.25, 0.3) is 0 Å². The van der Waals surface area contributed by atoms with Gasteiger partial charge in [0.1, 0.15) is 5.54 Å². The van der Waals surface area contributed by atoms with Crippen LogP contribution in [0.2, 0.25) is 0 Å². The third-order valence-corrected chi connectivity index (χ3v) is 4.02. The van der Waals surface area contributed by atoms with E-state index in [1.54, 1.807) is 13.8 Å². The lowest BCUT2D eigenvalue weighted by molar-refractivity contribution is -0.133. The van der Waals surface area contributed by atoms with Crippen LogP contribution < -0.4 is 16.4 Å². The molecule has 4 N–H and O–H groups in total. The summed E-state index contributed by atoms with van der Waals surface area (Å²) in [5.41, 5.74) is 5.86. The zero-order chi connectivity index (χ0) is 15.5. The molecule has 0 radical (unpaired) electrons. The largest absolute Gasteiger partial charge is 0.354 e. The number of hydrogen-bond acceptors (Lipinski definition) is 3. The first-order valence-electron chi connectivity index (χ1n) is 7.33. The van der Waals surface area contributed by atoms with Gasteiger partial charge in [0, 0.05) is 6.54 Å². The van der Waals surface area contributed by atoms with Gasteiger partial charge in [0.2, 0.25) is 11.8 Å². The van der Waals surface area contributed by atoms with Gasteiger partial charge >= 0.3 is 0 Å². The Kier molecular flexibility index (Phi) is 4.63. The summed E-state index contributed by atoms with van der Waals surface area (Å²) in [5, 5.41) is 5.69. The molecule has 1 aliphatic rings. The fourth-order valence-corrected chi connectivity index (χ4v) is 2.75. The lowest BCUT2D eigenvalue weighted by atomic mass is 9.83. The van der Waals surface area contributed by atoms with Gasteiger partial charge in [0.25, 0.3) is 0 Å². The third kappa shape index (κ3) is 3.61. The second-order valence-corrected chi connectivity index (χ2v) is 5.97. The van der Waals surface area contributed by atoms with Gasteiger partial charge in [-0.25, -0.2) is 0 Å². The number of carbonyl (C=O) groups excluding carboxylic acids is 2. The van der Waals surface area contributed by atoms with Crippen molar-refractivity contribution in [3.8, 4) is 0 Å². The SMILES string of the molecule is C[C@H](N)C(=O)N[C@@]1(C)C[C@@H](c2ccccc2)CCNC1=O. The monoisotopic (exact) mass is 289 g/mol. The van der Waals surface area contributed by atoms with E-state index in [9.17, 15) is 9.59 Å². The number of amides is 2. The fourth-order valence-electron chi connectivity index (χ4n) is 2.75. The minimum Gasteiger partial charge on any atom is -0.354 e. The van der Waals surface area contributed by atoms with Crippen molar-refractivity contribution in [2.45, 2.75) is 44.2 Å². The lowest BCUT2D eigenvalue weighted by Gasteiger charge is -2.31. The first-order chi connectivity index (χ1) is 9.92. The van der Waals surface area contributed by atoms with Crippen LogP contribution in [0.4, 0.5) is 0 Å². The second kappa shape index (κ2) is 6.26. The van der Waals surface area contributed by atoms with E-state index in [0.717, 1.165) is 6.42 Å². The molecule has 0 aromatic heterocycles. The summed E-state index contributed by atoms with van der Waals surface area (Å²) >= 11 is 0. The molecule has 0 bridgehead atoms. The van der Waals surface area contributed by atoms with Crippen molar-refractivity contribution < 1.29 is 9.59 Å². The topological polar surface area (TPSA) is 84.2 Å². The highest BCUT2D eigenvalue weighted by molar-refractivity contribution is 5.92. The Balaban J connectivity index is 2.22. The Morgan fingerprint density at radius 3 is 2.71 bits per heavy atom. The highest BCUT2D eigenvalue weighted by Crippen LogP contribution is 2.31. The van der Waals surface area contributed by atoms with Crippen LogP contribution in [0.3, 0.4) is 0 Å². The highest BCUT2D eigenvalue weighted by Gasteiger charge is 2.39. The standard InChI is InChI=1S/C16H23N3O2/c1-11(17)14(20)19-16(2)10-13(8-9-18-15(16)21)12-6-4-3-5-7-12/h3-7,11,13H,8-10,17H2,1-2H3,(H,18,21)(H,19,20)/t11-,13-,16-/m0/s1. The molecule has 114 valence electrons. The fraction of sp³-hybridized carbons (Fsp3) is 0.500. The summed E-state index contributed by atoms with van der Waals surface area (Å²) in [5.74, 6) is -0.222. The quantitative estimate of drug-likeness (QED) is 0.773. The van der Waals surface area contributed by atoms with Crippen LogP contribution >= 0.6 is 0 Å². The first kappa shape index (κ1) is 15.5. The molecule has 1 saturated heterocycles. The smallest absolute Gasteiger partial charge is 0.245 e. The maximum Gasteiger partial charge on any atom is 0.245 e. The Morgan fingerprint density at radius 2 is 2.10 bits per heavy atom. The van der Waals surface area contributed by atoms with E-state index in [-0.39, 0.29) is 17.7 Å². The summed E-state index contributed by atoms with van der Waals surface area (Å²) in [4.78, 5) is 24.2. The molecule has 1 heterocycles. The number of carbonyl (C=O) groups is 2. The minimum atomic E-state index is -0.929. The molecular weight excluding hydrogens is 266 g/mol. The third-order valence-electron chi connectivity index (χ3n) is 4.02. The van der Waals surface area contributed by atoms with Crippen LogP contribution in [0, 0.1) is 0 Å². The molecule has 0 aliphatic carbocycles. The summed E-state index contributed by atoms with van der Waals surface area (Å²) in [7, 11) is 0. The summed E-state index contributed by atoms with van der Waals surface area (Å²) in [6, 6.07) is 9.46. The van der Waals surface area contributed by atoms with Crippen LogP contribution in [0.15, 0.2) is 30.3 Å². The summed E-state index contributed by atoms with van der Waals surface area (Å²) in [6.07, 6.45) is 1.43. The van der Waals surface area contributed by atoms with Crippen molar-refractivity contribution in [1.29, 1.82) is 0 Å². The number of nitrogens with one attached hydrogen (secondary N) is 2. The van der Waals surface area contributed by atoms with Crippen LogP contribution in [0.1, 0.15) is 38.2 Å². The van der Waals surface area contributed by atoms with Crippen molar-refractivity contribution in [3.63, 3.8) is 0 Å². The maximum absolute atomic E-state index is 12.3. The second-order valence-electron chi connectivity index (χ2n) is 5.97. The van der Waals surface area contributed by atoms with E-state index in [2.05, 4.69) is 22.8 Å². The van der Waals surface area contributed by atoms with E-state index >= 15 is 0 Å². The Morgan fingerprint density at radius 1 is 1.43 bits per heavy atom. The van der Waals surface area contributed by atoms with Crippen LogP contribution in [0.5, 0.6) is 0 Å². The van der Waals surface area contributed by atoms with Crippen molar-refractivity contribution in [1.82, 2.24) is 10.6 Å². The minimum absolute atomic E-state index is 0.144. The van der Waals surface area contributed by atoms with E-state index in [1.807, 2.05) is 18.2 Å². The van der Waals surface area contributed by atoms with E-state index in [0.29, 0.717) is 13.0 Å². The van der Waals surface area contributed by atoms with E-state index < -0.39 is 11.6 Å². The molecule has 1 aliphatic heterocycles. The summed E-state index contributed by atoms with van der Waals surface area (Å²) in [6.45, 7) is 3.99. The average molecular weight is 289 g/mol. The van der Waals surface area contributed by atoms with E-state index in [4.69, 9.17) is 5.73 Å². The molecule has 2 amide bonds. The molecular formula is C16H23N3O2. The van der Waals surface area contributed by atoms with Crippen molar-refractivity contribution in [2.75, 3.05) is 6.54 Å². The molecule has 1 aromatic rings. The van der Waals surface area contributed by atoms with Gasteiger partial charge < -0.3 is 16.4 Å². The Hall–Kier alpha value is -1.88. The molecule has 0 spiro atoms. The number of nitrogens with two attached hydrogens (primary N) is 1. The molecule has 5 nitrogen and oxygen atoms in total. The van der Waals surface area contributed by atoms with Crippen LogP contribution in [-0.2, 0) is 9.59 Å². The molecule has 1 aromatic carbocycles. The molecule has 0 unspecified atom stereocenters. The predicted molar refractivity (Wildman–Crippen MR) is 81.6 cm³/mol. The summed E-state index contributed by atoms with van der Waals surface area (Å²) < 4.78 is 0. The predicted octanol–water partition coefficient (Wildman–Crippen LogP) is 0.902. The Bertz CT molecular complexity index is 516. The molecule has 3 atom stereocenters. The zero-order valence-electron chi connectivity index (χ0n) is 12.6. The van der Waals surface area contributed by atoms with Crippen molar-refractivity contribution >= 4 is 11.8 Å². The molecule has 0 saturated carbocycles. The first-order valence-corrected chi connectivity index (χ1v) is 7.33. The average Bonchev–Trinajstić information content (AvgIpc) is 2.60. The van der Waals surface area contributed by atoms with Gasteiger partial charge in [-0.05, 0) is 38.2 Å². The van der Waals surface area contributed by atoms with Gasteiger partial charge in [0.05, 0.1) is 6.04 Å². The number of hydrogen-bond donors (Lipinski definition) is 3. The molecule has 1 fully saturated rings. The van der Waals surface area contributed by atoms with Gasteiger partial charge in [0.15, 0.2) is 0 Å². The lowest BCUT2D eigenvalue weighted by Crippen LogP contribution is -2.58. The molecule has 21 heavy (non-hydrogen) atoms. The normalized spacial score (nSPS) is 27.4. The number of benzene rings is 1. The highest BCUT2D eigenvalue weighted by atomic mass is 16.2. The van der Waals surface area contributed by atoms with E-state index in [1.165, 1.54) is 5.56 Å². The molecule has 2 rings (SSSR count). The van der Waals surface area contributed by atoms with Crippen molar-refractivity contribution in [2.24, 2.45) is 5.73 Å². The molecule has 5 heteroatoms. The van der Waals surface area contributed by atoms with Gasteiger partial charge in [-0.2, -0.15) is 0 Å².